The highest BCUT2D eigenvalue weighted by molar-refractivity contribution is 7.93. The minimum Gasteiger partial charge on any atom is -0.492 e. The molecule has 2 saturated carbocycles. The molecule has 2 heterocycles. The standard InChI is InChI=1S/C23H27FN4O5S2/c1-11-17(28-21(26-11)34-20(27-28)23(30,13-5-6-13)14-7-8-14)12-9-15(24)18(33-4)16(10-12)35(31,32)22(2,3)19(25)29/h9-10,13-14,30H,5-8H2,1-4H3,(H2,25,29). The largest absolute Gasteiger partial charge is 0.492 e. The van der Waals surface area contributed by atoms with Gasteiger partial charge >= 0.3 is 0 Å². The van der Waals surface area contributed by atoms with Crippen LogP contribution in [0.15, 0.2) is 17.0 Å². The summed E-state index contributed by atoms with van der Waals surface area (Å²) in [5.41, 5.74) is 5.47. The van der Waals surface area contributed by atoms with Crippen molar-refractivity contribution in [2.75, 3.05) is 7.11 Å². The highest BCUT2D eigenvalue weighted by Crippen LogP contribution is 2.58. The first-order valence-corrected chi connectivity index (χ1v) is 13.7. The summed E-state index contributed by atoms with van der Waals surface area (Å²) in [4.78, 5) is 16.5. The second-order valence-electron chi connectivity index (χ2n) is 9.89. The summed E-state index contributed by atoms with van der Waals surface area (Å²) in [6.45, 7) is 4.05. The second kappa shape index (κ2) is 7.71. The van der Waals surface area contributed by atoms with Crippen LogP contribution in [0.25, 0.3) is 16.2 Å². The van der Waals surface area contributed by atoms with Crippen LogP contribution in [0.1, 0.15) is 50.2 Å². The highest BCUT2D eigenvalue weighted by atomic mass is 32.2. The summed E-state index contributed by atoms with van der Waals surface area (Å²) in [5.74, 6) is -2.15. The Bertz CT molecular complexity index is 1460. The number of amides is 1. The molecule has 1 amide bonds. The van der Waals surface area contributed by atoms with Crippen molar-refractivity contribution < 1.29 is 27.4 Å². The fourth-order valence-electron chi connectivity index (χ4n) is 4.58. The van der Waals surface area contributed by atoms with Crippen molar-refractivity contribution in [1.82, 2.24) is 14.6 Å². The van der Waals surface area contributed by atoms with E-state index in [0.29, 0.717) is 21.4 Å². The molecular weight excluding hydrogens is 495 g/mol. The molecule has 3 N–H and O–H groups in total. The van der Waals surface area contributed by atoms with Gasteiger partial charge in [-0.15, -0.1) is 0 Å². The number of sulfone groups is 1. The monoisotopic (exact) mass is 522 g/mol. The van der Waals surface area contributed by atoms with Crippen LogP contribution in [0.5, 0.6) is 5.75 Å². The maximum absolute atomic E-state index is 15.2. The Morgan fingerprint density at radius 3 is 2.37 bits per heavy atom. The van der Waals surface area contributed by atoms with Gasteiger partial charge in [0, 0.05) is 5.56 Å². The van der Waals surface area contributed by atoms with E-state index < -0.39 is 42.6 Å². The smallest absolute Gasteiger partial charge is 0.238 e. The van der Waals surface area contributed by atoms with Gasteiger partial charge in [-0.05, 0) is 70.4 Å². The van der Waals surface area contributed by atoms with E-state index in [-0.39, 0.29) is 17.4 Å². The number of nitrogens with two attached hydrogens (primary N) is 1. The van der Waals surface area contributed by atoms with Gasteiger partial charge in [-0.1, -0.05) is 11.3 Å². The van der Waals surface area contributed by atoms with Gasteiger partial charge in [0.1, 0.15) is 20.3 Å². The van der Waals surface area contributed by atoms with Gasteiger partial charge in [0.25, 0.3) is 0 Å². The van der Waals surface area contributed by atoms with Gasteiger partial charge in [-0.25, -0.2) is 22.3 Å². The summed E-state index contributed by atoms with van der Waals surface area (Å²) < 4.78 is 46.5. The maximum atomic E-state index is 15.2. The lowest BCUT2D eigenvalue weighted by Crippen LogP contribution is -2.45. The number of ether oxygens (including phenoxy) is 1. The first kappa shape index (κ1) is 24.1. The third-order valence-electron chi connectivity index (χ3n) is 7.16. The molecule has 2 fully saturated rings. The van der Waals surface area contributed by atoms with E-state index in [4.69, 9.17) is 15.6 Å². The van der Waals surface area contributed by atoms with E-state index in [1.54, 1.807) is 6.92 Å². The Labute approximate surface area is 206 Å². The number of benzene rings is 1. The van der Waals surface area contributed by atoms with Crippen LogP contribution in [-0.4, -0.2) is 45.9 Å². The number of aliphatic hydroxyl groups is 1. The zero-order valence-electron chi connectivity index (χ0n) is 19.8. The number of aromatic nitrogens is 3. The molecule has 2 aromatic heterocycles. The van der Waals surface area contributed by atoms with Crippen LogP contribution in [-0.2, 0) is 20.2 Å². The van der Waals surface area contributed by atoms with Crippen LogP contribution in [0.3, 0.4) is 0 Å². The molecule has 0 spiro atoms. The summed E-state index contributed by atoms with van der Waals surface area (Å²) in [5, 5.41) is 16.8. The van der Waals surface area contributed by atoms with Crippen LogP contribution >= 0.6 is 11.3 Å². The lowest BCUT2D eigenvalue weighted by molar-refractivity contribution is -0.119. The van der Waals surface area contributed by atoms with Crippen molar-refractivity contribution >= 4 is 32.0 Å². The Balaban J connectivity index is 1.70. The van der Waals surface area contributed by atoms with Crippen molar-refractivity contribution in [2.45, 2.75) is 61.7 Å². The molecule has 188 valence electrons. The molecule has 12 heteroatoms. The van der Waals surface area contributed by atoms with Crippen LogP contribution < -0.4 is 10.5 Å². The molecule has 9 nitrogen and oxygen atoms in total. The number of halogens is 1. The summed E-state index contributed by atoms with van der Waals surface area (Å²) >= 11 is 1.29. The SMILES string of the molecule is COc1c(F)cc(-c2c(C)nc3sc(C(O)(C4CC4)C4CC4)nn23)cc1S(=O)(=O)C(C)(C)C(N)=O. The fraction of sp³-hybridized carbons (Fsp3) is 0.522. The summed E-state index contributed by atoms with van der Waals surface area (Å²) in [6, 6.07) is 2.41. The second-order valence-corrected chi connectivity index (χ2v) is 13.3. The Morgan fingerprint density at radius 1 is 1.26 bits per heavy atom. The lowest BCUT2D eigenvalue weighted by atomic mass is 9.93. The van der Waals surface area contributed by atoms with Crippen molar-refractivity contribution in [2.24, 2.45) is 17.6 Å². The number of rotatable bonds is 8. The maximum Gasteiger partial charge on any atom is 0.238 e. The molecule has 0 aliphatic heterocycles. The first-order valence-electron chi connectivity index (χ1n) is 11.4. The number of fused-ring (bicyclic) bond motifs is 1. The number of nitrogens with zero attached hydrogens (tertiary/aromatic N) is 3. The molecule has 2 aliphatic rings. The van der Waals surface area contributed by atoms with Gasteiger partial charge in [0.15, 0.2) is 21.4 Å². The molecule has 35 heavy (non-hydrogen) atoms. The average molecular weight is 523 g/mol. The summed E-state index contributed by atoms with van der Waals surface area (Å²) in [7, 11) is -3.28. The molecular formula is C23H27FN4O5S2. The highest BCUT2D eigenvalue weighted by Gasteiger charge is 2.56. The van der Waals surface area contributed by atoms with Crippen molar-refractivity contribution in [3.8, 4) is 17.0 Å². The van der Waals surface area contributed by atoms with Crippen molar-refractivity contribution in [1.29, 1.82) is 0 Å². The van der Waals surface area contributed by atoms with E-state index in [2.05, 4.69) is 4.98 Å². The van der Waals surface area contributed by atoms with Gasteiger partial charge in [-0.3, -0.25) is 4.79 Å². The number of hydrogen-bond donors (Lipinski definition) is 2. The van der Waals surface area contributed by atoms with Gasteiger partial charge in [-0.2, -0.15) is 5.10 Å². The minimum absolute atomic E-state index is 0.168. The molecule has 0 bridgehead atoms. The Morgan fingerprint density at radius 2 is 1.86 bits per heavy atom. The van der Waals surface area contributed by atoms with Gasteiger partial charge < -0.3 is 15.6 Å². The number of imidazole rings is 1. The minimum atomic E-state index is -4.43. The third-order valence-corrected chi connectivity index (χ3v) is 10.6. The number of carbonyl (C=O) groups excluding carboxylic acids is 1. The lowest BCUT2D eigenvalue weighted by Gasteiger charge is -2.25. The van der Waals surface area contributed by atoms with Crippen molar-refractivity contribution in [3.05, 3.63) is 28.7 Å². The Hall–Kier alpha value is -2.57. The number of carbonyl (C=O) groups is 1. The zero-order chi connectivity index (χ0) is 25.5. The first-order chi connectivity index (χ1) is 16.3. The van der Waals surface area contributed by atoms with Crippen LogP contribution in [0.2, 0.25) is 0 Å². The van der Waals surface area contributed by atoms with Gasteiger partial charge in [0.2, 0.25) is 10.9 Å². The molecule has 0 saturated heterocycles. The van der Waals surface area contributed by atoms with Gasteiger partial charge in [0.05, 0.1) is 18.5 Å². The molecule has 0 radical (unpaired) electrons. The van der Waals surface area contributed by atoms with E-state index in [9.17, 15) is 18.3 Å². The summed E-state index contributed by atoms with van der Waals surface area (Å²) in [6.07, 6.45) is 3.78. The number of methoxy groups -OCH3 is 1. The predicted molar refractivity (Wildman–Crippen MR) is 127 cm³/mol. The molecule has 5 rings (SSSR count). The molecule has 3 aromatic rings. The van der Waals surface area contributed by atoms with E-state index in [1.807, 2.05) is 0 Å². The quantitative estimate of drug-likeness (QED) is 0.464. The third kappa shape index (κ3) is 3.48. The number of aryl methyl sites for hydroxylation is 1. The number of hydrogen-bond acceptors (Lipinski definition) is 8. The number of primary amides is 1. The normalized spacial score (nSPS) is 17.2. The average Bonchev–Trinajstić information content (AvgIpc) is 3.70. The van der Waals surface area contributed by atoms with E-state index in [0.717, 1.165) is 38.9 Å². The van der Waals surface area contributed by atoms with Crippen molar-refractivity contribution in [3.63, 3.8) is 0 Å². The molecule has 0 unspecified atom stereocenters. The van der Waals surface area contributed by atoms with Crippen LogP contribution in [0, 0.1) is 24.6 Å². The van der Waals surface area contributed by atoms with Crippen LogP contribution in [0.4, 0.5) is 4.39 Å². The molecule has 1 aromatic carbocycles. The zero-order valence-corrected chi connectivity index (χ0v) is 21.5. The van der Waals surface area contributed by atoms with E-state index in [1.165, 1.54) is 35.8 Å². The van der Waals surface area contributed by atoms with E-state index >= 15 is 4.39 Å². The Kier molecular flexibility index (Phi) is 5.32. The molecule has 2 aliphatic carbocycles. The predicted octanol–water partition coefficient (Wildman–Crippen LogP) is 2.96. The molecule has 0 atom stereocenters. The topological polar surface area (TPSA) is 137 Å². The fourth-order valence-corrected chi connectivity index (χ4v) is 7.30.